The summed E-state index contributed by atoms with van der Waals surface area (Å²) in [5.74, 6) is 0. The summed E-state index contributed by atoms with van der Waals surface area (Å²) < 4.78 is 38.3. The number of halogens is 3. The second kappa shape index (κ2) is 7.03. The molecular formula is C16H21F3N2O. The number of carbonyl (C=O) groups is 1. The molecule has 0 aromatic heterocycles. The van der Waals surface area contributed by atoms with Crippen molar-refractivity contribution in [3.05, 3.63) is 29.3 Å². The Morgan fingerprint density at radius 3 is 2.32 bits per heavy atom. The molecule has 1 saturated carbocycles. The van der Waals surface area contributed by atoms with Crippen LogP contribution in [0.25, 0.3) is 0 Å². The fraction of sp³-hybridized carbons (Fsp3) is 0.562. The predicted molar refractivity (Wildman–Crippen MR) is 79.8 cm³/mol. The van der Waals surface area contributed by atoms with Crippen LogP contribution in [0.15, 0.2) is 18.2 Å². The molecule has 22 heavy (non-hydrogen) atoms. The van der Waals surface area contributed by atoms with E-state index in [0.29, 0.717) is 5.56 Å². The van der Waals surface area contributed by atoms with Crippen LogP contribution in [0.3, 0.4) is 0 Å². The lowest BCUT2D eigenvalue weighted by Crippen LogP contribution is -2.37. The minimum absolute atomic E-state index is 0.106. The highest BCUT2D eigenvalue weighted by Gasteiger charge is 2.31. The topological polar surface area (TPSA) is 41.1 Å². The van der Waals surface area contributed by atoms with Gasteiger partial charge in [0, 0.05) is 11.7 Å². The van der Waals surface area contributed by atoms with Crippen molar-refractivity contribution in [2.24, 2.45) is 0 Å². The molecule has 0 heterocycles. The van der Waals surface area contributed by atoms with Crippen LogP contribution in [0.1, 0.15) is 49.7 Å². The molecule has 3 nitrogen and oxygen atoms in total. The van der Waals surface area contributed by atoms with Crippen molar-refractivity contribution in [2.75, 3.05) is 5.32 Å². The van der Waals surface area contributed by atoms with Gasteiger partial charge in [0.15, 0.2) is 0 Å². The zero-order chi connectivity index (χ0) is 16.2. The lowest BCUT2D eigenvalue weighted by Gasteiger charge is -2.17. The van der Waals surface area contributed by atoms with E-state index < -0.39 is 17.8 Å². The lowest BCUT2D eigenvalue weighted by atomic mass is 10.1. The monoisotopic (exact) mass is 314 g/mol. The van der Waals surface area contributed by atoms with Crippen LogP contribution in [0.2, 0.25) is 0 Å². The Balaban J connectivity index is 2.00. The maximum atomic E-state index is 12.8. The number of anilines is 1. The van der Waals surface area contributed by atoms with Gasteiger partial charge in [-0.2, -0.15) is 13.2 Å². The SMILES string of the molecule is Cc1cc(NC(=O)NC2CCCCCC2)cc(C(F)(F)F)c1. The van der Waals surface area contributed by atoms with Crippen molar-refractivity contribution >= 4 is 11.7 Å². The summed E-state index contributed by atoms with van der Waals surface area (Å²) in [6.45, 7) is 1.57. The van der Waals surface area contributed by atoms with Gasteiger partial charge in [-0.05, 0) is 43.5 Å². The summed E-state index contributed by atoms with van der Waals surface area (Å²) >= 11 is 0. The first kappa shape index (κ1) is 16.6. The number of hydrogen-bond donors (Lipinski definition) is 2. The van der Waals surface area contributed by atoms with Gasteiger partial charge in [-0.3, -0.25) is 0 Å². The van der Waals surface area contributed by atoms with Gasteiger partial charge in [0.05, 0.1) is 5.56 Å². The molecule has 1 aliphatic rings. The third-order valence-electron chi connectivity index (χ3n) is 3.85. The number of benzene rings is 1. The van der Waals surface area contributed by atoms with Crippen molar-refractivity contribution < 1.29 is 18.0 Å². The molecule has 2 rings (SSSR count). The van der Waals surface area contributed by atoms with Crippen LogP contribution in [-0.2, 0) is 6.18 Å². The summed E-state index contributed by atoms with van der Waals surface area (Å²) in [7, 11) is 0. The molecule has 1 fully saturated rings. The molecule has 0 saturated heterocycles. The summed E-state index contributed by atoms with van der Waals surface area (Å²) in [6.07, 6.45) is 1.94. The van der Waals surface area contributed by atoms with Crippen LogP contribution in [0.4, 0.5) is 23.7 Å². The molecule has 0 spiro atoms. The maximum Gasteiger partial charge on any atom is 0.416 e. The molecule has 0 bridgehead atoms. The smallest absolute Gasteiger partial charge is 0.335 e. The Bertz CT molecular complexity index is 521. The Morgan fingerprint density at radius 2 is 1.73 bits per heavy atom. The Labute approximate surface area is 128 Å². The van der Waals surface area contributed by atoms with Gasteiger partial charge in [0.2, 0.25) is 0 Å². The van der Waals surface area contributed by atoms with Gasteiger partial charge in [-0.15, -0.1) is 0 Å². The quantitative estimate of drug-likeness (QED) is 0.752. The first-order valence-electron chi connectivity index (χ1n) is 7.61. The van der Waals surface area contributed by atoms with E-state index in [0.717, 1.165) is 37.8 Å². The van der Waals surface area contributed by atoms with Crippen LogP contribution < -0.4 is 10.6 Å². The standard InChI is InChI=1S/C16H21F3N2O/c1-11-8-12(16(17,18)19)10-14(9-11)21-15(22)20-13-6-4-2-3-5-7-13/h8-10,13H,2-7H2,1H3,(H2,20,21,22). The van der Waals surface area contributed by atoms with Crippen LogP contribution >= 0.6 is 0 Å². The van der Waals surface area contributed by atoms with E-state index >= 15 is 0 Å². The van der Waals surface area contributed by atoms with Crippen LogP contribution in [0, 0.1) is 6.92 Å². The average molecular weight is 314 g/mol. The third kappa shape index (κ3) is 4.93. The molecule has 0 radical (unpaired) electrons. The fourth-order valence-corrected chi connectivity index (χ4v) is 2.80. The molecule has 122 valence electrons. The third-order valence-corrected chi connectivity index (χ3v) is 3.85. The van der Waals surface area contributed by atoms with Crippen LogP contribution in [0.5, 0.6) is 0 Å². The normalized spacial score (nSPS) is 16.9. The van der Waals surface area contributed by atoms with E-state index in [2.05, 4.69) is 10.6 Å². The summed E-state index contributed by atoms with van der Waals surface area (Å²) in [6, 6.07) is 3.22. The zero-order valence-corrected chi connectivity index (χ0v) is 12.6. The number of hydrogen-bond acceptors (Lipinski definition) is 1. The van der Waals surface area contributed by atoms with Crippen molar-refractivity contribution in [3.63, 3.8) is 0 Å². The molecule has 2 amide bonds. The summed E-state index contributed by atoms with van der Waals surface area (Å²) in [5.41, 5.74) is -0.129. The van der Waals surface area contributed by atoms with Gasteiger partial charge < -0.3 is 10.6 Å². The molecule has 0 atom stereocenters. The highest BCUT2D eigenvalue weighted by molar-refractivity contribution is 5.89. The van der Waals surface area contributed by atoms with E-state index in [1.54, 1.807) is 6.92 Å². The predicted octanol–water partition coefficient (Wildman–Crippen LogP) is 4.86. The number of aryl methyl sites for hydroxylation is 1. The largest absolute Gasteiger partial charge is 0.416 e. The van der Waals surface area contributed by atoms with Gasteiger partial charge in [-0.25, -0.2) is 4.79 Å². The number of carbonyl (C=O) groups excluding carboxylic acids is 1. The Hall–Kier alpha value is -1.72. The second-order valence-electron chi connectivity index (χ2n) is 5.87. The number of alkyl halides is 3. The first-order valence-corrected chi connectivity index (χ1v) is 7.61. The molecule has 6 heteroatoms. The minimum Gasteiger partial charge on any atom is -0.335 e. The highest BCUT2D eigenvalue weighted by Crippen LogP contribution is 2.31. The van der Waals surface area contributed by atoms with Crippen molar-refractivity contribution in [1.29, 1.82) is 0 Å². The molecule has 0 aliphatic heterocycles. The van der Waals surface area contributed by atoms with Crippen molar-refractivity contribution in [3.8, 4) is 0 Å². The first-order chi connectivity index (χ1) is 10.3. The van der Waals surface area contributed by atoms with Gasteiger partial charge in [0.1, 0.15) is 0 Å². The number of amides is 2. The molecular weight excluding hydrogens is 293 g/mol. The van der Waals surface area contributed by atoms with E-state index in [1.807, 2.05) is 0 Å². The highest BCUT2D eigenvalue weighted by atomic mass is 19.4. The van der Waals surface area contributed by atoms with E-state index in [4.69, 9.17) is 0 Å². The van der Waals surface area contributed by atoms with E-state index in [9.17, 15) is 18.0 Å². The fourth-order valence-electron chi connectivity index (χ4n) is 2.80. The van der Waals surface area contributed by atoms with Gasteiger partial charge in [0.25, 0.3) is 0 Å². The van der Waals surface area contributed by atoms with Gasteiger partial charge in [-0.1, -0.05) is 25.7 Å². The maximum absolute atomic E-state index is 12.8. The van der Waals surface area contributed by atoms with Crippen LogP contribution in [-0.4, -0.2) is 12.1 Å². The van der Waals surface area contributed by atoms with Crippen molar-refractivity contribution in [2.45, 2.75) is 57.7 Å². The lowest BCUT2D eigenvalue weighted by molar-refractivity contribution is -0.137. The number of urea groups is 1. The molecule has 1 aromatic carbocycles. The van der Waals surface area contributed by atoms with Crippen molar-refractivity contribution in [1.82, 2.24) is 5.32 Å². The molecule has 1 aliphatic carbocycles. The molecule has 0 unspecified atom stereocenters. The summed E-state index contributed by atoms with van der Waals surface area (Å²) in [5, 5.41) is 5.37. The Kier molecular flexibility index (Phi) is 5.32. The molecule has 2 N–H and O–H groups in total. The molecule has 1 aromatic rings. The van der Waals surface area contributed by atoms with E-state index in [1.165, 1.54) is 18.9 Å². The average Bonchev–Trinajstić information content (AvgIpc) is 2.65. The Morgan fingerprint density at radius 1 is 1.09 bits per heavy atom. The summed E-state index contributed by atoms with van der Waals surface area (Å²) in [4.78, 5) is 12.0. The minimum atomic E-state index is -4.42. The second-order valence-corrected chi connectivity index (χ2v) is 5.87. The van der Waals surface area contributed by atoms with Gasteiger partial charge >= 0.3 is 12.2 Å². The number of nitrogens with one attached hydrogen (secondary N) is 2. The zero-order valence-electron chi connectivity index (χ0n) is 12.6. The number of rotatable bonds is 2. The van der Waals surface area contributed by atoms with E-state index in [-0.39, 0.29) is 11.7 Å².